The number of alkyl halides is 1. The van der Waals surface area contributed by atoms with Gasteiger partial charge in [-0.05, 0) is 6.07 Å². The van der Waals surface area contributed by atoms with E-state index in [0.717, 1.165) is 0 Å². The Morgan fingerprint density at radius 2 is 2.07 bits per heavy atom. The number of nitrogens with two attached hydrogens (primary N) is 1. The van der Waals surface area contributed by atoms with Crippen LogP contribution in [0, 0.1) is 0 Å². The molecule has 5 heteroatoms. The van der Waals surface area contributed by atoms with E-state index in [1.165, 1.54) is 6.07 Å². The van der Waals surface area contributed by atoms with Crippen LogP contribution in [0.3, 0.4) is 0 Å². The van der Waals surface area contributed by atoms with Crippen LogP contribution in [-0.2, 0) is 0 Å². The maximum Gasteiger partial charge on any atom is 0.231 e. The van der Waals surface area contributed by atoms with Gasteiger partial charge in [-0.1, -0.05) is 11.6 Å². The molecule has 0 spiro atoms. The van der Waals surface area contributed by atoms with Crippen LogP contribution in [0.1, 0.15) is 11.7 Å². The van der Waals surface area contributed by atoms with Gasteiger partial charge in [-0.2, -0.15) is 0 Å². The quantitative estimate of drug-likeness (QED) is 0.825. The summed E-state index contributed by atoms with van der Waals surface area (Å²) in [6.07, 6.45) is -1.27. The van der Waals surface area contributed by atoms with E-state index in [2.05, 4.69) is 0 Å². The van der Waals surface area contributed by atoms with Gasteiger partial charge in [0.25, 0.3) is 0 Å². The van der Waals surface area contributed by atoms with Gasteiger partial charge in [0.2, 0.25) is 6.79 Å². The molecule has 0 saturated carbocycles. The maximum atomic E-state index is 13.3. The summed E-state index contributed by atoms with van der Waals surface area (Å²) in [6.45, 7) is 0.0497. The topological polar surface area (TPSA) is 44.5 Å². The second-order valence-electron chi connectivity index (χ2n) is 2.93. The SMILES string of the molecule is NCC(F)c1cc2c(cc1Cl)OCO2. The zero-order valence-electron chi connectivity index (χ0n) is 7.30. The summed E-state index contributed by atoms with van der Waals surface area (Å²) < 4.78 is 23.5. The smallest absolute Gasteiger partial charge is 0.231 e. The molecule has 0 aromatic heterocycles. The predicted molar refractivity (Wildman–Crippen MR) is 50.5 cm³/mol. The Hall–Kier alpha value is -1.00. The van der Waals surface area contributed by atoms with E-state index in [0.29, 0.717) is 22.1 Å². The van der Waals surface area contributed by atoms with Crippen molar-refractivity contribution in [3.8, 4) is 11.5 Å². The normalized spacial score (nSPS) is 15.6. The van der Waals surface area contributed by atoms with Gasteiger partial charge in [-0.3, -0.25) is 0 Å². The molecule has 1 atom stereocenters. The summed E-state index contributed by atoms with van der Waals surface area (Å²) in [5.74, 6) is 1.06. The van der Waals surface area contributed by atoms with Crippen LogP contribution in [0.15, 0.2) is 12.1 Å². The Labute approximate surface area is 85.6 Å². The van der Waals surface area contributed by atoms with Gasteiger partial charge in [0.05, 0.1) is 5.02 Å². The van der Waals surface area contributed by atoms with Crippen LogP contribution in [0.5, 0.6) is 11.5 Å². The van der Waals surface area contributed by atoms with Crippen molar-refractivity contribution in [3.05, 3.63) is 22.7 Å². The first-order valence-electron chi connectivity index (χ1n) is 4.15. The van der Waals surface area contributed by atoms with Gasteiger partial charge >= 0.3 is 0 Å². The largest absolute Gasteiger partial charge is 0.454 e. The highest BCUT2D eigenvalue weighted by molar-refractivity contribution is 6.31. The number of ether oxygens (including phenoxy) is 2. The molecular weight excluding hydrogens is 209 g/mol. The van der Waals surface area contributed by atoms with E-state index in [1.807, 2.05) is 0 Å². The molecule has 3 nitrogen and oxygen atoms in total. The summed E-state index contributed by atoms with van der Waals surface area (Å²) in [5.41, 5.74) is 5.56. The highest BCUT2D eigenvalue weighted by atomic mass is 35.5. The molecule has 1 aromatic rings. The van der Waals surface area contributed by atoms with Crippen LogP contribution in [0.25, 0.3) is 0 Å². The Morgan fingerprint density at radius 1 is 1.43 bits per heavy atom. The molecule has 1 unspecified atom stereocenters. The molecule has 2 N–H and O–H groups in total. The van der Waals surface area contributed by atoms with E-state index in [9.17, 15) is 4.39 Å². The number of fused-ring (bicyclic) bond motifs is 1. The monoisotopic (exact) mass is 217 g/mol. The van der Waals surface area contributed by atoms with Gasteiger partial charge in [0.1, 0.15) is 6.17 Å². The molecule has 1 aromatic carbocycles. The van der Waals surface area contributed by atoms with Crippen molar-refractivity contribution in [3.63, 3.8) is 0 Å². The fourth-order valence-corrected chi connectivity index (χ4v) is 1.57. The number of hydrogen-bond acceptors (Lipinski definition) is 3. The third-order valence-electron chi connectivity index (χ3n) is 2.04. The summed E-state index contributed by atoms with van der Waals surface area (Å²) >= 11 is 5.85. The van der Waals surface area contributed by atoms with Gasteiger partial charge < -0.3 is 15.2 Å². The molecule has 0 saturated heterocycles. The van der Waals surface area contributed by atoms with E-state index in [1.54, 1.807) is 6.07 Å². The van der Waals surface area contributed by atoms with Gasteiger partial charge in [-0.25, -0.2) is 4.39 Å². The van der Waals surface area contributed by atoms with Crippen molar-refractivity contribution in [2.45, 2.75) is 6.17 Å². The lowest BCUT2D eigenvalue weighted by atomic mass is 10.1. The number of rotatable bonds is 2. The predicted octanol–water partition coefficient (Wildman–Crippen LogP) is 2.04. The fraction of sp³-hybridized carbons (Fsp3) is 0.333. The molecule has 2 rings (SSSR count). The van der Waals surface area contributed by atoms with Gasteiger partial charge in [0, 0.05) is 18.2 Å². The highest BCUT2D eigenvalue weighted by Gasteiger charge is 2.20. The zero-order chi connectivity index (χ0) is 10.1. The minimum Gasteiger partial charge on any atom is -0.454 e. The van der Waals surface area contributed by atoms with Crippen molar-refractivity contribution >= 4 is 11.6 Å². The van der Waals surface area contributed by atoms with Crippen LogP contribution >= 0.6 is 11.6 Å². The standard InChI is InChI=1S/C9H9ClFNO2/c10-6-2-9-8(13-4-14-9)1-5(6)7(11)3-12/h1-2,7H,3-4,12H2. The Bertz CT molecular complexity index is 359. The maximum absolute atomic E-state index is 13.3. The van der Waals surface area contributed by atoms with Gasteiger partial charge in [0.15, 0.2) is 11.5 Å². The molecule has 76 valence electrons. The summed E-state index contributed by atoms with van der Waals surface area (Å²) in [7, 11) is 0. The number of hydrogen-bond donors (Lipinski definition) is 1. The molecule has 0 amide bonds. The Balaban J connectivity index is 2.42. The molecule has 0 radical (unpaired) electrons. The number of benzene rings is 1. The Morgan fingerprint density at radius 3 is 2.71 bits per heavy atom. The summed E-state index contributed by atoms with van der Waals surface area (Å²) in [5, 5.41) is 0.312. The van der Waals surface area contributed by atoms with Crippen LogP contribution < -0.4 is 15.2 Å². The molecule has 1 heterocycles. The first-order chi connectivity index (χ1) is 6.72. The van der Waals surface area contributed by atoms with E-state index >= 15 is 0 Å². The minimum atomic E-state index is -1.27. The van der Waals surface area contributed by atoms with Crippen LogP contribution in [0.2, 0.25) is 5.02 Å². The molecule has 1 aliphatic rings. The Kier molecular flexibility index (Phi) is 2.48. The zero-order valence-corrected chi connectivity index (χ0v) is 8.05. The molecular formula is C9H9ClFNO2. The average Bonchev–Trinajstić information content (AvgIpc) is 2.62. The molecule has 14 heavy (non-hydrogen) atoms. The van der Waals surface area contributed by atoms with E-state index in [-0.39, 0.29) is 13.3 Å². The minimum absolute atomic E-state index is 0.0979. The summed E-state index contributed by atoms with van der Waals surface area (Å²) in [6, 6.07) is 3.07. The fourth-order valence-electron chi connectivity index (χ4n) is 1.30. The van der Waals surface area contributed by atoms with Gasteiger partial charge in [-0.15, -0.1) is 0 Å². The van der Waals surface area contributed by atoms with Crippen molar-refractivity contribution < 1.29 is 13.9 Å². The lowest BCUT2D eigenvalue weighted by molar-refractivity contribution is 0.174. The number of halogens is 2. The van der Waals surface area contributed by atoms with Crippen molar-refractivity contribution in [2.75, 3.05) is 13.3 Å². The highest BCUT2D eigenvalue weighted by Crippen LogP contribution is 2.39. The van der Waals surface area contributed by atoms with Crippen molar-refractivity contribution in [1.29, 1.82) is 0 Å². The second-order valence-corrected chi connectivity index (χ2v) is 3.34. The van der Waals surface area contributed by atoms with E-state index < -0.39 is 6.17 Å². The third kappa shape index (κ3) is 1.51. The first kappa shape index (κ1) is 9.55. The van der Waals surface area contributed by atoms with Crippen LogP contribution in [-0.4, -0.2) is 13.3 Å². The summed E-state index contributed by atoms with van der Waals surface area (Å²) in [4.78, 5) is 0. The molecule has 1 aliphatic heterocycles. The van der Waals surface area contributed by atoms with E-state index in [4.69, 9.17) is 26.8 Å². The van der Waals surface area contributed by atoms with Crippen molar-refractivity contribution in [2.24, 2.45) is 5.73 Å². The van der Waals surface area contributed by atoms with Crippen LogP contribution in [0.4, 0.5) is 4.39 Å². The average molecular weight is 218 g/mol. The molecule has 0 aliphatic carbocycles. The first-order valence-corrected chi connectivity index (χ1v) is 4.53. The second kappa shape index (κ2) is 3.63. The molecule has 0 fully saturated rings. The third-order valence-corrected chi connectivity index (χ3v) is 2.36. The lowest BCUT2D eigenvalue weighted by Crippen LogP contribution is -2.08. The van der Waals surface area contributed by atoms with Crippen molar-refractivity contribution in [1.82, 2.24) is 0 Å². The lowest BCUT2D eigenvalue weighted by Gasteiger charge is -2.08. The molecule has 0 bridgehead atoms.